The minimum Gasteiger partial charge on any atom is -0.476 e. The Hall–Kier alpha value is -1.80. The summed E-state index contributed by atoms with van der Waals surface area (Å²) < 4.78 is 14.2. The molecule has 0 bridgehead atoms. The first kappa shape index (κ1) is 15.6. The molecule has 0 spiro atoms. The minimum atomic E-state index is -1.13. The van der Waals surface area contributed by atoms with E-state index < -0.39 is 23.7 Å². The molecule has 2 rings (SSSR count). The number of hydrogen-bond donors (Lipinski definition) is 2. The van der Waals surface area contributed by atoms with Crippen molar-refractivity contribution in [2.45, 2.75) is 13.0 Å². The molecule has 2 aromatic rings. The number of aromatic carboxylic acids is 1. The number of carboxylic acids is 1. The Bertz CT molecular complexity index is 704. The molecule has 0 aliphatic rings. The molecule has 0 saturated heterocycles. The minimum absolute atomic E-state index is 0.0789. The lowest BCUT2D eigenvalue weighted by molar-refractivity contribution is 0.0691. The molecule has 5 nitrogen and oxygen atoms in total. The summed E-state index contributed by atoms with van der Waals surface area (Å²) in [7, 11) is 0. The fourth-order valence-corrected chi connectivity index (χ4v) is 2.75. The fraction of sp³-hybridized carbons (Fsp3) is 0.154. The van der Waals surface area contributed by atoms with E-state index in [2.05, 4.69) is 26.2 Å². The molecule has 1 aromatic heterocycles. The quantitative estimate of drug-likeness (QED) is 0.863. The largest absolute Gasteiger partial charge is 0.476 e. The van der Waals surface area contributed by atoms with E-state index in [1.54, 1.807) is 6.92 Å². The summed E-state index contributed by atoms with van der Waals surface area (Å²) in [4.78, 5) is 26.7. The maximum atomic E-state index is 13.6. The Morgan fingerprint density at radius 2 is 2.19 bits per heavy atom. The molecule has 1 amide bonds. The molecule has 0 radical (unpaired) electrons. The Labute approximate surface area is 132 Å². The van der Waals surface area contributed by atoms with Crippen LogP contribution in [0, 0.1) is 5.82 Å². The zero-order chi connectivity index (χ0) is 15.6. The summed E-state index contributed by atoms with van der Waals surface area (Å²) in [5.41, 5.74) is -0.170. The second kappa shape index (κ2) is 6.31. The average molecular weight is 373 g/mol. The Kier molecular flexibility index (Phi) is 4.69. The van der Waals surface area contributed by atoms with Crippen molar-refractivity contribution in [3.8, 4) is 0 Å². The van der Waals surface area contributed by atoms with E-state index in [-0.39, 0.29) is 11.3 Å². The Morgan fingerprint density at radius 1 is 1.48 bits per heavy atom. The van der Waals surface area contributed by atoms with Crippen LogP contribution in [0.15, 0.2) is 28.1 Å². The lowest BCUT2D eigenvalue weighted by Gasteiger charge is -2.11. The number of carbonyl (C=O) groups is 2. The summed E-state index contributed by atoms with van der Waals surface area (Å²) in [5, 5.41) is 13.2. The smallest absolute Gasteiger partial charge is 0.355 e. The second-order valence-electron chi connectivity index (χ2n) is 4.20. The molecular weight excluding hydrogens is 363 g/mol. The Balaban J connectivity index is 2.14. The van der Waals surface area contributed by atoms with Gasteiger partial charge < -0.3 is 10.4 Å². The summed E-state index contributed by atoms with van der Waals surface area (Å²) in [6, 6.07) is 3.54. The Morgan fingerprint density at radius 3 is 2.81 bits per heavy atom. The summed E-state index contributed by atoms with van der Waals surface area (Å²) in [6.45, 7) is 1.65. The second-order valence-corrected chi connectivity index (χ2v) is 6.00. The number of aromatic nitrogens is 1. The van der Waals surface area contributed by atoms with Gasteiger partial charge in [-0.3, -0.25) is 4.79 Å². The SMILES string of the molecule is CC(NC(=O)c1cc(Br)ccc1F)c1nc(C(=O)O)cs1. The van der Waals surface area contributed by atoms with Crippen LogP contribution in [0.3, 0.4) is 0 Å². The van der Waals surface area contributed by atoms with Gasteiger partial charge >= 0.3 is 5.97 Å². The van der Waals surface area contributed by atoms with Crippen molar-refractivity contribution < 1.29 is 19.1 Å². The van der Waals surface area contributed by atoms with Gasteiger partial charge in [0, 0.05) is 9.85 Å². The molecule has 21 heavy (non-hydrogen) atoms. The van der Waals surface area contributed by atoms with Crippen LogP contribution in [0.25, 0.3) is 0 Å². The van der Waals surface area contributed by atoms with Crippen LogP contribution in [0.4, 0.5) is 4.39 Å². The predicted octanol–water partition coefficient (Wildman–Crippen LogP) is 3.23. The molecule has 0 aliphatic carbocycles. The molecule has 1 unspecified atom stereocenters. The molecule has 2 N–H and O–H groups in total. The number of nitrogens with zero attached hydrogens (tertiary/aromatic N) is 1. The third kappa shape index (κ3) is 3.64. The maximum Gasteiger partial charge on any atom is 0.355 e. The van der Waals surface area contributed by atoms with Crippen molar-refractivity contribution in [2.24, 2.45) is 0 Å². The monoisotopic (exact) mass is 372 g/mol. The number of amides is 1. The van der Waals surface area contributed by atoms with Gasteiger partial charge in [-0.05, 0) is 25.1 Å². The van der Waals surface area contributed by atoms with E-state index in [9.17, 15) is 14.0 Å². The van der Waals surface area contributed by atoms with Crippen LogP contribution in [0.1, 0.15) is 38.8 Å². The zero-order valence-corrected chi connectivity index (χ0v) is 13.2. The van der Waals surface area contributed by atoms with E-state index in [1.165, 1.54) is 23.6 Å². The van der Waals surface area contributed by atoms with Gasteiger partial charge in [-0.25, -0.2) is 14.2 Å². The molecule has 1 atom stereocenters. The summed E-state index contributed by atoms with van der Waals surface area (Å²) in [6.07, 6.45) is 0. The van der Waals surface area contributed by atoms with E-state index in [0.717, 1.165) is 11.3 Å². The molecule has 0 aliphatic heterocycles. The molecule has 0 saturated carbocycles. The lowest BCUT2D eigenvalue weighted by atomic mass is 10.2. The lowest BCUT2D eigenvalue weighted by Crippen LogP contribution is -2.27. The highest BCUT2D eigenvalue weighted by molar-refractivity contribution is 9.10. The van der Waals surface area contributed by atoms with Crippen molar-refractivity contribution >= 4 is 39.1 Å². The van der Waals surface area contributed by atoms with E-state index in [4.69, 9.17) is 5.11 Å². The van der Waals surface area contributed by atoms with Gasteiger partial charge in [0.15, 0.2) is 5.69 Å². The number of thiazole rings is 1. The topological polar surface area (TPSA) is 79.3 Å². The molecule has 8 heteroatoms. The van der Waals surface area contributed by atoms with Crippen LogP contribution >= 0.6 is 27.3 Å². The number of nitrogens with one attached hydrogen (secondary N) is 1. The number of rotatable bonds is 4. The first-order chi connectivity index (χ1) is 9.88. The number of carboxylic acid groups (broad SMARTS) is 1. The number of hydrogen-bond acceptors (Lipinski definition) is 4. The average Bonchev–Trinajstić information content (AvgIpc) is 2.91. The molecule has 0 fully saturated rings. The zero-order valence-electron chi connectivity index (χ0n) is 10.8. The number of benzene rings is 1. The van der Waals surface area contributed by atoms with Gasteiger partial charge in [-0.15, -0.1) is 11.3 Å². The van der Waals surface area contributed by atoms with Gasteiger partial charge in [-0.1, -0.05) is 15.9 Å². The van der Waals surface area contributed by atoms with Crippen molar-refractivity contribution in [1.29, 1.82) is 0 Å². The van der Waals surface area contributed by atoms with E-state index in [1.807, 2.05) is 0 Å². The van der Waals surface area contributed by atoms with Crippen molar-refractivity contribution in [2.75, 3.05) is 0 Å². The predicted molar refractivity (Wildman–Crippen MR) is 79.1 cm³/mol. The van der Waals surface area contributed by atoms with Crippen molar-refractivity contribution in [1.82, 2.24) is 10.3 Å². The van der Waals surface area contributed by atoms with Gasteiger partial charge in [0.2, 0.25) is 0 Å². The molecule has 1 heterocycles. The van der Waals surface area contributed by atoms with Crippen LogP contribution in [-0.4, -0.2) is 22.0 Å². The van der Waals surface area contributed by atoms with E-state index >= 15 is 0 Å². The van der Waals surface area contributed by atoms with Crippen molar-refractivity contribution in [3.63, 3.8) is 0 Å². The summed E-state index contributed by atoms with van der Waals surface area (Å²) in [5.74, 6) is -2.35. The van der Waals surface area contributed by atoms with Gasteiger partial charge in [0.25, 0.3) is 5.91 Å². The highest BCUT2D eigenvalue weighted by Crippen LogP contribution is 2.20. The summed E-state index contributed by atoms with van der Waals surface area (Å²) >= 11 is 4.29. The van der Waals surface area contributed by atoms with Crippen molar-refractivity contribution in [3.05, 3.63) is 50.1 Å². The standard InChI is InChI=1S/C13H10BrFN2O3S/c1-6(12-17-10(5-21-12)13(19)20)16-11(18)8-4-7(14)2-3-9(8)15/h2-6H,1H3,(H,16,18)(H,19,20). The molecule has 1 aromatic carbocycles. The number of carbonyl (C=O) groups excluding carboxylic acids is 1. The highest BCUT2D eigenvalue weighted by atomic mass is 79.9. The van der Waals surface area contributed by atoms with Crippen LogP contribution in [-0.2, 0) is 0 Å². The van der Waals surface area contributed by atoms with Crippen LogP contribution in [0.5, 0.6) is 0 Å². The van der Waals surface area contributed by atoms with Gasteiger partial charge in [0.1, 0.15) is 10.8 Å². The van der Waals surface area contributed by atoms with Crippen LogP contribution < -0.4 is 5.32 Å². The highest BCUT2D eigenvalue weighted by Gasteiger charge is 2.18. The van der Waals surface area contributed by atoms with Crippen LogP contribution in [0.2, 0.25) is 0 Å². The molecular formula is C13H10BrFN2O3S. The normalized spacial score (nSPS) is 12.0. The third-order valence-corrected chi connectivity index (χ3v) is 4.15. The fourth-order valence-electron chi connectivity index (χ4n) is 1.59. The van der Waals surface area contributed by atoms with Gasteiger partial charge in [-0.2, -0.15) is 0 Å². The third-order valence-electron chi connectivity index (χ3n) is 2.63. The van der Waals surface area contributed by atoms with E-state index in [0.29, 0.717) is 9.48 Å². The molecule has 110 valence electrons. The van der Waals surface area contributed by atoms with Gasteiger partial charge in [0.05, 0.1) is 11.6 Å². The first-order valence-electron chi connectivity index (χ1n) is 5.83. The first-order valence-corrected chi connectivity index (χ1v) is 7.50. The number of halogens is 2. The maximum absolute atomic E-state index is 13.6.